The van der Waals surface area contributed by atoms with E-state index in [1.165, 1.54) is 21.3 Å². The molecule has 0 spiro atoms. The van der Waals surface area contributed by atoms with Crippen molar-refractivity contribution < 1.29 is 19.0 Å². The normalized spacial score (nSPS) is 10.7. The molecular formula is C18H17BrN2O4. The highest BCUT2D eigenvalue weighted by Gasteiger charge is 2.24. The van der Waals surface area contributed by atoms with Gasteiger partial charge in [0, 0.05) is 27.1 Å². The number of halogens is 1. The molecule has 1 aromatic heterocycles. The Bertz CT molecular complexity index is 965. The number of aromatic amines is 1. The molecule has 0 amide bonds. The van der Waals surface area contributed by atoms with E-state index in [0.717, 1.165) is 15.4 Å². The molecule has 1 heterocycles. The zero-order valence-corrected chi connectivity index (χ0v) is 15.6. The van der Waals surface area contributed by atoms with Gasteiger partial charge in [-0.1, -0.05) is 15.9 Å². The van der Waals surface area contributed by atoms with Crippen molar-refractivity contribution in [1.29, 1.82) is 0 Å². The Morgan fingerprint density at radius 3 is 2.40 bits per heavy atom. The third kappa shape index (κ3) is 2.80. The predicted molar refractivity (Wildman–Crippen MR) is 99.9 cm³/mol. The van der Waals surface area contributed by atoms with Gasteiger partial charge in [-0.3, -0.25) is 4.79 Å². The average molecular weight is 405 g/mol. The molecule has 25 heavy (non-hydrogen) atoms. The lowest BCUT2D eigenvalue weighted by Gasteiger charge is -2.16. The van der Waals surface area contributed by atoms with Gasteiger partial charge in [0.15, 0.2) is 17.3 Å². The standard InChI is InChI=1S/C18H17BrN2O4/c1-23-14-7-11(15(20)18(25-3)17(14)24-2)16(22)12-8-21-13-5-4-9(19)6-10(12)13/h4-8,21H,20H2,1-3H3. The number of nitrogens with one attached hydrogen (secondary N) is 1. The van der Waals surface area contributed by atoms with Crippen molar-refractivity contribution in [3.8, 4) is 17.2 Å². The van der Waals surface area contributed by atoms with Crippen LogP contribution in [0.1, 0.15) is 15.9 Å². The van der Waals surface area contributed by atoms with E-state index in [-0.39, 0.29) is 22.8 Å². The number of methoxy groups -OCH3 is 3. The lowest BCUT2D eigenvalue weighted by Crippen LogP contribution is -2.08. The Hall–Kier alpha value is -2.67. The summed E-state index contributed by atoms with van der Waals surface area (Å²) < 4.78 is 16.8. The number of rotatable bonds is 5. The molecule has 2 aromatic carbocycles. The van der Waals surface area contributed by atoms with E-state index < -0.39 is 0 Å². The van der Waals surface area contributed by atoms with E-state index in [9.17, 15) is 4.79 Å². The highest BCUT2D eigenvalue weighted by atomic mass is 79.9. The second-order valence-corrected chi connectivity index (χ2v) is 6.24. The van der Waals surface area contributed by atoms with Crippen LogP contribution in [0.4, 0.5) is 5.69 Å². The third-order valence-electron chi connectivity index (χ3n) is 4.00. The first-order valence-electron chi connectivity index (χ1n) is 7.41. The number of fused-ring (bicyclic) bond motifs is 1. The number of H-pyrrole nitrogens is 1. The minimum Gasteiger partial charge on any atom is -0.493 e. The molecule has 3 N–H and O–H groups in total. The third-order valence-corrected chi connectivity index (χ3v) is 4.49. The fraction of sp³-hybridized carbons (Fsp3) is 0.167. The Morgan fingerprint density at radius 2 is 1.76 bits per heavy atom. The fourth-order valence-corrected chi connectivity index (χ4v) is 3.15. The molecule has 0 aliphatic heterocycles. The molecule has 0 saturated carbocycles. The second kappa shape index (κ2) is 6.68. The number of hydrogen-bond acceptors (Lipinski definition) is 5. The van der Waals surface area contributed by atoms with E-state index in [2.05, 4.69) is 20.9 Å². The van der Waals surface area contributed by atoms with Gasteiger partial charge in [-0.25, -0.2) is 0 Å². The van der Waals surface area contributed by atoms with Crippen molar-refractivity contribution in [2.75, 3.05) is 27.1 Å². The zero-order valence-electron chi connectivity index (χ0n) is 14.0. The van der Waals surface area contributed by atoms with Gasteiger partial charge in [0.2, 0.25) is 5.75 Å². The summed E-state index contributed by atoms with van der Waals surface area (Å²) in [6.45, 7) is 0. The van der Waals surface area contributed by atoms with Crippen LogP contribution >= 0.6 is 15.9 Å². The summed E-state index contributed by atoms with van der Waals surface area (Å²) >= 11 is 3.43. The van der Waals surface area contributed by atoms with Crippen molar-refractivity contribution in [1.82, 2.24) is 4.98 Å². The lowest BCUT2D eigenvalue weighted by atomic mass is 10.00. The van der Waals surface area contributed by atoms with E-state index in [4.69, 9.17) is 19.9 Å². The molecule has 0 bridgehead atoms. The largest absolute Gasteiger partial charge is 0.493 e. The predicted octanol–water partition coefficient (Wildman–Crippen LogP) is 3.77. The Morgan fingerprint density at radius 1 is 1.04 bits per heavy atom. The highest BCUT2D eigenvalue weighted by Crippen LogP contribution is 2.44. The molecule has 0 unspecified atom stereocenters. The van der Waals surface area contributed by atoms with Gasteiger partial charge in [0.05, 0.1) is 32.6 Å². The molecule has 3 rings (SSSR count). The molecule has 6 nitrogen and oxygen atoms in total. The fourth-order valence-electron chi connectivity index (χ4n) is 2.79. The van der Waals surface area contributed by atoms with Gasteiger partial charge in [-0.15, -0.1) is 0 Å². The zero-order chi connectivity index (χ0) is 18.1. The van der Waals surface area contributed by atoms with Crippen LogP contribution in [-0.4, -0.2) is 32.1 Å². The summed E-state index contributed by atoms with van der Waals surface area (Å²) in [5, 5.41) is 0.799. The number of carbonyl (C=O) groups excluding carboxylic acids is 1. The SMILES string of the molecule is COc1cc(C(=O)c2c[nH]c3ccc(Br)cc23)c(N)c(OC)c1OC. The van der Waals surface area contributed by atoms with Crippen molar-refractivity contribution in [2.45, 2.75) is 0 Å². The smallest absolute Gasteiger partial charge is 0.205 e. The van der Waals surface area contributed by atoms with Crippen LogP contribution in [0.2, 0.25) is 0 Å². The van der Waals surface area contributed by atoms with E-state index >= 15 is 0 Å². The molecule has 7 heteroatoms. The van der Waals surface area contributed by atoms with Crippen LogP contribution in [0.5, 0.6) is 17.2 Å². The van der Waals surface area contributed by atoms with Gasteiger partial charge in [-0.05, 0) is 24.3 Å². The van der Waals surface area contributed by atoms with E-state index in [0.29, 0.717) is 17.1 Å². The Kier molecular flexibility index (Phi) is 4.59. The van der Waals surface area contributed by atoms with Crippen LogP contribution in [0.3, 0.4) is 0 Å². The average Bonchev–Trinajstić information content (AvgIpc) is 3.03. The number of aromatic nitrogens is 1. The monoisotopic (exact) mass is 404 g/mol. The van der Waals surface area contributed by atoms with Crippen LogP contribution in [0.25, 0.3) is 10.9 Å². The van der Waals surface area contributed by atoms with Crippen molar-refractivity contribution in [2.24, 2.45) is 0 Å². The summed E-state index contributed by atoms with van der Waals surface area (Å²) in [7, 11) is 4.44. The first-order valence-corrected chi connectivity index (χ1v) is 8.20. The summed E-state index contributed by atoms with van der Waals surface area (Å²) in [5.41, 5.74) is 8.03. The second-order valence-electron chi connectivity index (χ2n) is 5.33. The number of nitrogen functional groups attached to an aromatic ring is 1. The number of ether oxygens (including phenoxy) is 3. The van der Waals surface area contributed by atoms with E-state index in [1.807, 2.05) is 18.2 Å². The van der Waals surface area contributed by atoms with Crippen molar-refractivity contribution in [3.63, 3.8) is 0 Å². The van der Waals surface area contributed by atoms with Gasteiger partial charge in [-0.2, -0.15) is 0 Å². The first-order chi connectivity index (χ1) is 12.0. The molecule has 130 valence electrons. The van der Waals surface area contributed by atoms with Crippen LogP contribution in [0, 0.1) is 0 Å². The molecule has 0 aliphatic carbocycles. The summed E-state index contributed by atoms with van der Waals surface area (Å²) in [6.07, 6.45) is 1.67. The molecule has 0 saturated heterocycles. The molecule has 3 aromatic rings. The Labute approximate surface area is 153 Å². The topological polar surface area (TPSA) is 86.6 Å². The highest BCUT2D eigenvalue weighted by molar-refractivity contribution is 9.10. The van der Waals surface area contributed by atoms with Crippen LogP contribution in [0.15, 0.2) is 34.9 Å². The Balaban J connectivity index is 2.21. The maximum absolute atomic E-state index is 13.1. The quantitative estimate of drug-likeness (QED) is 0.499. The lowest BCUT2D eigenvalue weighted by molar-refractivity contribution is 0.104. The van der Waals surface area contributed by atoms with Gasteiger partial charge in [0.1, 0.15) is 0 Å². The summed E-state index contributed by atoms with van der Waals surface area (Å²) in [6, 6.07) is 7.25. The van der Waals surface area contributed by atoms with Crippen LogP contribution in [-0.2, 0) is 0 Å². The van der Waals surface area contributed by atoms with E-state index in [1.54, 1.807) is 12.3 Å². The van der Waals surface area contributed by atoms with Gasteiger partial charge in [0.25, 0.3) is 0 Å². The maximum Gasteiger partial charge on any atom is 0.205 e. The molecule has 0 radical (unpaired) electrons. The number of hydrogen-bond donors (Lipinski definition) is 2. The number of benzene rings is 2. The number of nitrogens with two attached hydrogens (primary N) is 1. The van der Waals surface area contributed by atoms with Gasteiger partial charge >= 0.3 is 0 Å². The van der Waals surface area contributed by atoms with Crippen molar-refractivity contribution in [3.05, 3.63) is 46.1 Å². The number of anilines is 1. The summed E-state index contributed by atoms with van der Waals surface area (Å²) in [5.74, 6) is 0.756. The first kappa shape index (κ1) is 17.2. The minimum absolute atomic E-state index is 0.203. The van der Waals surface area contributed by atoms with Gasteiger partial charge < -0.3 is 24.9 Å². The maximum atomic E-state index is 13.1. The summed E-state index contributed by atoms with van der Waals surface area (Å²) in [4.78, 5) is 16.2. The minimum atomic E-state index is -0.235. The number of ketones is 1. The number of carbonyl (C=O) groups is 1. The van der Waals surface area contributed by atoms with Crippen LogP contribution < -0.4 is 19.9 Å². The molecule has 0 atom stereocenters. The molecular weight excluding hydrogens is 388 g/mol. The molecule has 0 aliphatic rings. The molecule has 0 fully saturated rings. The van der Waals surface area contributed by atoms with Crippen molar-refractivity contribution >= 4 is 38.3 Å².